The quantitative estimate of drug-likeness (QED) is 0.515. The second kappa shape index (κ2) is 5.61. The van der Waals surface area contributed by atoms with E-state index in [1.165, 1.54) is 6.92 Å². The summed E-state index contributed by atoms with van der Waals surface area (Å²) in [5.74, 6) is -1.25. The molecule has 1 fully saturated rings. The number of hydrogen-bond donors (Lipinski definition) is 4. The number of rotatable bonds is 4. The molecule has 0 bridgehead atoms. The van der Waals surface area contributed by atoms with Crippen LogP contribution in [0.5, 0.6) is 0 Å². The molecule has 0 aromatic heterocycles. The van der Waals surface area contributed by atoms with Gasteiger partial charge in [0.1, 0.15) is 0 Å². The summed E-state index contributed by atoms with van der Waals surface area (Å²) in [4.78, 5) is 10.7. The highest BCUT2D eigenvalue weighted by molar-refractivity contribution is 5.76. The van der Waals surface area contributed by atoms with Gasteiger partial charge in [-0.05, 0) is 19.8 Å². The Morgan fingerprint density at radius 1 is 1.38 bits per heavy atom. The fourth-order valence-corrected chi connectivity index (χ4v) is 1.93. The van der Waals surface area contributed by atoms with Crippen molar-refractivity contribution in [1.82, 2.24) is 5.32 Å². The summed E-state index contributed by atoms with van der Waals surface area (Å²) < 4.78 is 0. The highest BCUT2D eigenvalue weighted by Crippen LogP contribution is 2.18. The first-order valence-electron chi connectivity index (χ1n) is 5.81. The van der Waals surface area contributed by atoms with Crippen molar-refractivity contribution in [2.24, 2.45) is 0 Å². The summed E-state index contributed by atoms with van der Waals surface area (Å²) in [5.41, 5.74) is -1.77. The van der Waals surface area contributed by atoms with Gasteiger partial charge in [-0.2, -0.15) is 0 Å². The van der Waals surface area contributed by atoms with Crippen molar-refractivity contribution in [1.29, 1.82) is 0 Å². The van der Waals surface area contributed by atoms with Gasteiger partial charge in [-0.1, -0.05) is 19.3 Å². The minimum absolute atomic E-state index is 0.0376. The summed E-state index contributed by atoms with van der Waals surface area (Å²) >= 11 is 0. The van der Waals surface area contributed by atoms with Gasteiger partial charge in [-0.15, -0.1) is 0 Å². The lowest BCUT2D eigenvalue weighted by atomic mass is 10.0. The van der Waals surface area contributed by atoms with Crippen LogP contribution in [0.3, 0.4) is 0 Å². The fourth-order valence-electron chi connectivity index (χ4n) is 1.93. The molecule has 0 radical (unpaired) electrons. The molecule has 1 aliphatic rings. The van der Waals surface area contributed by atoms with Crippen LogP contribution in [0.25, 0.3) is 0 Å². The molecule has 3 atom stereocenters. The zero-order valence-electron chi connectivity index (χ0n) is 9.65. The summed E-state index contributed by atoms with van der Waals surface area (Å²) in [6.45, 7) is 1.22. The van der Waals surface area contributed by atoms with E-state index in [1.807, 2.05) is 0 Å². The van der Waals surface area contributed by atoms with Crippen molar-refractivity contribution in [3.63, 3.8) is 0 Å². The van der Waals surface area contributed by atoms with Gasteiger partial charge in [0.05, 0.1) is 6.10 Å². The largest absolute Gasteiger partial charge is 0.479 e. The van der Waals surface area contributed by atoms with E-state index >= 15 is 0 Å². The number of carboxylic acids is 1. The van der Waals surface area contributed by atoms with E-state index in [4.69, 9.17) is 5.11 Å². The zero-order chi connectivity index (χ0) is 12.2. The van der Waals surface area contributed by atoms with Crippen LogP contribution in [-0.4, -0.2) is 45.6 Å². The van der Waals surface area contributed by atoms with Gasteiger partial charge in [-0.3, -0.25) is 0 Å². The molecule has 0 heterocycles. The van der Waals surface area contributed by atoms with E-state index in [2.05, 4.69) is 5.32 Å². The number of hydrogen-bond acceptors (Lipinski definition) is 4. The van der Waals surface area contributed by atoms with Crippen LogP contribution in [-0.2, 0) is 4.79 Å². The lowest BCUT2D eigenvalue weighted by molar-refractivity contribution is -0.156. The smallest absolute Gasteiger partial charge is 0.336 e. The van der Waals surface area contributed by atoms with Crippen molar-refractivity contribution in [3.05, 3.63) is 0 Å². The van der Waals surface area contributed by atoms with Crippen molar-refractivity contribution < 1.29 is 20.1 Å². The van der Waals surface area contributed by atoms with E-state index in [0.29, 0.717) is 0 Å². The second-order valence-corrected chi connectivity index (χ2v) is 4.77. The van der Waals surface area contributed by atoms with Gasteiger partial charge in [0.2, 0.25) is 0 Å². The molecule has 1 rings (SSSR count). The van der Waals surface area contributed by atoms with Crippen LogP contribution in [0, 0.1) is 0 Å². The molecule has 0 saturated heterocycles. The predicted molar refractivity (Wildman–Crippen MR) is 59.1 cm³/mol. The van der Waals surface area contributed by atoms with Crippen molar-refractivity contribution in [2.75, 3.05) is 6.54 Å². The average molecular weight is 231 g/mol. The Balaban J connectivity index is 2.43. The van der Waals surface area contributed by atoms with Gasteiger partial charge in [0.25, 0.3) is 0 Å². The second-order valence-electron chi connectivity index (χ2n) is 4.77. The third-order valence-corrected chi connectivity index (χ3v) is 3.15. The molecule has 4 N–H and O–H groups in total. The fraction of sp³-hybridized carbons (Fsp3) is 0.909. The minimum Gasteiger partial charge on any atom is -0.479 e. The maximum atomic E-state index is 10.7. The van der Waals surface area contributed by atoms with E-state index in [9.17, 15) is 15.0 Å². The van der Waals surface area contributed by atoms with Crippen LogP contribution in [0.1, 0.15) is 39.0 Å². The Bertz CT molecular complexity index is 242. The predicted octanol–water partition coefficient (Wildman–Crippen LogP) is 0.105. The molecule has 16 heavy (non-hydrogen) atoms. The molecule has 0 amide bonds. The highest BCUT2D eigenvalue weighted by Gasteiger charge is 2.31. The lowest BCUT2D eigenvalue weighted by Crippen LogP contribution is -2.50. The minimum atomic E-state index is -1.77. The summed E-state index contributed by atoms with van der Waals surface area (Å²) in [6, 6.07) is -0.103. The van der Waals surface area contributed by atoms with E-state index in [-0.39, 0.29) is 12.6 Å². The summed E-state index contributed by atoms with van der Waals surface area (Å²) in [6.07, 6.45) is 4.28. The molecule has 1 saturated carbocycles. The van der Waals surface area contributed by atoms with Crippen LogP contribution >= 0.6 is 0 Å². The van der Waals surface area contributed by atoms with Crippen LogP contribution in [0.4, 0.5) is 0 Å². The zero-order valence-corrected chi connectivity index (χ0v) is 9.65. The number of carboxylic acid groups (broad SMARTS) is 1. The van der Waals surface area contributed by atoms with Crippen molar-refractivity contribution in [3.8, 4) is 0 Å². The summed E-state index contributed by atoms with van der Waals surface area (Å²) in [5, 5.41) is 31.0. The Morgan fingerprint density at radius 3 is 2.62 bits per heavy atom. The van der Waals surface area contributed by atoms with E-state index in [1.54, 1.807) is 0 Å². The van der Waals surface area contributed by atoms with Crippen LogP contribution in [0.15, 0.2) is 0 Å². The molecule has 0 aromatic carbocycles. The molecule has 5 heteroatoms. The molecule has 5 nitrogen and oxygen atoms in total. The van der Waals surface area contributed by atoms with E-state index in [0.717, 1.165) is 32.1 Å². The SMILES string of the molecule is CC(O)(CNC1CCCCCC1O)C(=O)O. The van der Waals surface area contributed by atoms with Gasteiger partial charge < -0.3 is 20.6 Å². The molecular weight excluding hydrogens is 210 g/mol. The topological polar surface area (TPSA) is 89.8 Å². The van der Waals surface area contributed by atoms with Crippen LogP contribution in [0.2, 0.25) is 0 Å². The first kappa shape index (κ1) is 13.4. The van der Waals surface area contributed by atoms with Crippen molar-refractivity contribution in [2.45, 2.75) is 56.8 Å². The Labute approximate surface area is 95.5 Å². The monoisotopic (exact) mass is 231 g/mol. The first-order valence-corrected chi connectivity index (χ1v) is 5.81. The normalized spacial score (nSPS) is 30.4. The van der Waals surface area contributed by atoms with E-state index < -0.39 is 17.7 Å². The average Bonchev–Trinajstić information content (AvgIpc) is 2.40. The first-order chi connectivity index (χ1) is 7.43. The third-order valence-electron chi connectivity index (χ3n) is 3.15. The molecule has 0 aromatic rings. The number of nitrogens with one attached hydrogen (secondary N) is 1. The van der Waals surface area contributed by atoms with Gasteiger partial charge in [0, 0.05) is 12.6 Å². The number of aliphatic carboxylic acids is 1. The number of aliphatic hydroxyl groups is 2. The molecule has 0 aliphatic heterocycles. The number of carbonyl (C=O) groups is 1. The maximum absolute atomic E-state index is 10.7. The highest BCUT2D eigenvalue weighted by atomic mass is 16.4. The lowest BCUT2D eigenvalue weighted by Gasteiger charge is -2.26. The third kappa shape index (κ3) is 3.73. The molecule has 1 aliphatic carbocycles. The van der Waals surface area contributed by atoms with Crippen molar-refractivity contribution >= 4 is 5.97 Å². The molecular formula is C11H21NO4. The maximum Gasteiger partial charge on any atom is 0.336 e. The standard InChI is InChI=1S/C11H21NO4/c1-11(16,10(14)15)7-12-8-5-3-2-4-6-9(8)13/h8-9,12-13,16H,2-7H2,1H3,(H,14,15). The van der Waals surface area contributed by atoms with Gasteiger partial charge in [0.15, 0.2) is 5.60 Å². The summed E-state index contributed by atoms with van der Waals surface area (Å²) in [7, 11) is 0. The van der Waals surface area contributed by atoms with Gasteiger partial charge >= 0.3 is 5.97 Å². The Kier molecular flexibility index (Phi) is 4.70. The van der Waals surface area contributed by atoms with Crippen LogP contribution < -0.4 is 5.32 Å². The number of aliphatic hydroxyl groups excluding tert-OH is 1. The molecule has 94 valence electrons. The Morgan fingerprint density at radius 2 is 2.00 bits per heavy atom. The van der Waals surface area contributed by atoms with Gasteiger partial charge in [-0.25, -0.2) is 4.79 Å². The molecule has 0 spiro atoms. The molecule has 3 unspecified atom stereocenters. The Hall–Kier alpha value is -0.650.